The molecule has 37 heavy (non-hydrogen) atoms. The SMILES string of the molecule is COc1ccccc1SSCc1c(C)c(OC)cc[n+]1-c1nc2cc3c(cc2[nH]1)C(C)(C)C(=O)C3(C)C. The van der Waals surface area contributed by atoms with Crippen LogP contribution in [0.2, 0.25) is 0 Å². The number of rotatable bonds is 7. The number of ketones is 1. The second-order valence-corrected chi connectivity index (χ2v) is 12.7. The molecule has 2 aromatic heterocycles. The number of nitrogens with one attached hydrogen (secondary N) is 1. The smallest absolute Gasteiger partial charge is 0.402 e. The average Bonchev–Trinajstić information content (AvgIpc) is 3.36. The molecule has 1 N–H and O–H groups in total. The molecule has 4 aromatic rings. The predicted molar refractivity (Wildman–Crippen MR) is 150 cm³/mol. The van der Waals surface area contributed by atoms with E-state index in [1.807, 2.05) is 58.2 Å². The van der Waals surface area contributed by atoms with Crippen molar-refractivity contribution in [1.82, 2.24) is 9.97 Å². The number of nitrogens with zero attached hydrogens (tertiary/aromatic N) is 2. The summed E-state index contributed by atoms with van der Waals surface area (Å²) in [6, 6.07) is 14.2. The van der Waals surface area contributed by atoms with Gasteiger partial charge in [-0.05, 0) is 70.0 Å². The zero-order valence-corrected chi connectivity index (χ0v) is 23.9. The normalized spacial score (nSPS) is 15.7. The Morgan fingerprint density at radius 2 is 1.65 bits per heavy atom. The molecule has 1 aliphatic carbocycles. The second-order valence-electron chi connectivity index (χ2n) is 10.4. The second kappa shape index (κ2) is 9.40. The molecule has 2 heterocycles. The van der Waals surface area contributed by atoms with Crippen molar-refractivity contribution < 1.29 is 18.8 Å². The fraction of sp³-hybridized carbons (Fsp3) is 0.345. The number of Topliss-reactive ketones (excluding diaryl/α,β-unsaturated/α-hetero) is 1. The lowest BCUT2D eigenvalue weighted by Gasteiger charge is -2.21. The molecule has 0 saturated heterocycles. The summed E-state index contributed by atoms with van der Waals surface area (Å²) < 4.78 is 13.2. The van der Waals surface area contributed by atoms with Crippen LogP contribution in [0.3, 0.4) is 0 Å². The Labute approximate surface area is 225 Å². The number of carbonyl (C=O) groups excluding carboxylic acids is 1. The number of carbonyl (C=O) groups is 1. The molecule has 5 rings (SSSR count). The Morgan fingerprint density at radius 1 is 0.973 bits per heavy atom. The fourth-order valence-electron chi connectivity index (χ4n) is 5.33. The highest BCUT2D eigenvalue weighted by atomic mass is 33.1. The zero-order chi connectivity index (χ0) is 26.5. The van der Waals surface area contributed by atoms with E-state index in [0.29, 0.717) is 0 Å². The molecule has 0 amide bonds. The van der Waals surface area contributed by atoms with Crippen LogP contribution < -0.4 is 14.0 Å². The number of ether oxygens (including phenoxy) is 2. The van der Waals surface area contributed by atoms with Crippen LogP contribution in [0.15, 0.2) is 53.6 Å². The van der Waals surface area contributed by atoms with Crippen LogP contribution in [0.5, 0.6) is 11.5 Å². The molecule has 1 aliphatic rings. The summed E-state index contributed by atoms with van der Waals surface area (Å²) in [6.07, 6.45) is 2.00. The molecule has 2 aromatic carbocycles. The third kappa shape index (κ3) is 4.20. The van der Waals surface area contributed by atoms with Crippen LogP contribution in [0.25, 0.3) is 17.0 Å². The van der Waals surface area contributed by atoms with E-state index in [2.05, 4.69) is 34.7 Å². The number of benzene rings is 2. The Bertz CT molecular complexity index is 1470. The Kier molecular flexibility index (Phi) is 6.52. The number of methoxy groups -OCH3 is 2. The van der Waals surface area contributed by atoms with E-state index in [-0.39, 0.29) is 5.78 Å². The van der Waals surface area contributed by atoms with Gasteiger partial charge in [-0.2, -0.15) is 0 Å². The van der Waals surface area contributed by atoms with Gasteiger partial charge >= 0.3 is 5.95 Å². The molecule has 0 aliphatic heterocycles. The summed E-state index contributed by atoms with van der Waals surface area (Å²) in [5.41, 5.74) is 5.01. The maximum Gasteiger partial charge on any atom is 0.402 e. The number of aromatic amines is 1. The molecule has 192 valence electrons. The minimum Gasteiger partial charge on any atom is -0.496 e. The van der Waals surface area contributed by atoms with Crippen LogP contribution in [0.1, 0.15) is 50.1 Å². The van der Waals surface area contributed by atoms with E-state index < -0.39 is 10.8 Å². The van der Waals surface area contributed by atoms with Crippen molar-refractivity contribution >= 4 is 38.4 Å². The quantitative estimate of drug-likeness (QED) is 0.224. The predicted octanol–water partition coefficient (Wildman–Crippen LogP) is 6.24. The summed E-state index contributed by atoms with van der Waals surface area (Å²) in [7, 11) is 6.81. The fourth-order valence-corrected chi connectivity index (χ4v) is 7.66. The van der Waals surface area contributed by atoms with Gasteiger partial charge in [-0.1, -0.05) is 38.7 Å². The summed E-state index contributed by atoms with van der Waals surface area (Å²) in [4.78, 5) is 22.7. The lowest BCUT2D eigenvalue weighted by molar-refractivity contribution is -0.610. The van der Waals surface area contributed by atoms with E-state index in [9.17, 15) is 4.79 Å². The number of para-hydroxylation sites is 1. The third-order valence-corrected chi connectivity index (χ3v) is 9.69. The minimum absolute atomic E-state index is 0.245. The molecule has 0 atom stereocenters. The van der Waals surface area contributed by atoms with Gasteiger partial charge in [0, 0.05) is 22.5 Å². The van der Waals surface area contributed by atoms with E-state index in [1.165, 1.54) is 0 Å². The van der Waals surface area contributed by atoms with Gasteiger partial charge in [0.25, 0.3) is 0 Å². The molecular weight excluding hydrogens is 502 g/mol. The largest absolute Gasteiger partial charge is 0.496 e. The van der Waals surface area contributed by atoms with Crippen LogP contribution in [0.4, 0.5) is 0 Å². The van der Waals surface area contributed by atoms with Gasteiger partial charge in [0.15, 0.2) is 11.3 Å². The topological polar surface area (TPSA) is 68.1 Å². The molecular formula is C29H32N3O3S2+. The first kappa shape index (κ1) is 25.7. The van der Waals surface area contributed by atoms with Crippen LogP contribution >= 0.6 is 21.6 Å². The van der Waals surface area contributed by atoms with Crippen LogP contribution in [-0.2, 0) is 21.4 Å². The first-order valence-electron chi connectivity index (χ1n) is 12.2. The zero-order valence-electron chi connectivity index (χ0n) is 22.3. The first-order valence-corrected chi connectivity index (χ1v) is 14.5. The highest BCUT2D eigenvalue weighted by Gasteiger charge is 2.50. The highest BCUT2D eigenvalue weighted by molar-refractivity contribution is 8.76. The molecule has 0 unspecified atom stereocenters. The Hall–Kier alpha value is -2.97. The van der Waals surface area contributed by atoms with Gasteiger partial charge in [-0.25, -0.2) is 9.55 Å². The van der Waals surface area contributed by atoms with Gasteiger partial charge < -0.3 is 9.47 Å². The maximum atomic E-state index is 13.1. The number of hydrogen-bond donors (Lipinski definition) is 1. The number of H-pyrrole nitrogens is 1. The number of fused-ring (bicyclic) bond motifs is 2. The third-order valence-electron chi connectivity index (χ3n) is 7.42. The molecule has 0 fully saturated rings. The molecule has 0 spiro atoms. The van der Waals surface area contributed by atoms with Gasteiger partial charge in [-0.3, -0.25) is 4.79 Å². The summed E-state index contributed by atoms with van der Waals surface area (Å²) in [5, 5.41) is 0. The maximum absolute atomic E-state index is 13.1. The average molecular weight is 535 g/mol. The Balaban J connectivity index is 1.53. The van der Waals surface area contributed by atoms with E-state index in [1.54, 1.807) is 35.8 Å². The van der Waals surface area contributed by atoms with E-state index >= 15 is 0 Å². The molecule has 6 nitrogen and oxygen atoms in total. The number of pyridine rings is 1. The van der Waals surface area contributed by atoms with Gasteiger partial charge in [-0.15, -0.1) is 0 Å². The highest BCUT2D eigenvalue weighted by Crippen LogP contribution is 2.47. The van der Waals surface area contributed by atoms with Gasteiger partial charge in [0.05, 0.1) is 31.1 Å². The van der Waals surface area contributed by atoms with Crippen molar-refractivity contribution in [1.29, 1.82) is 0 Å². The van der Waals surface area contributed by atoms with Crippen molar-refractivity contribution in [2.75, 3.05) is 14.2 Å². The van der Waals surface area contributed by atoms with Crippen LogP contribution in [0, 0.1) is 6.92 Å². The van der Waals surface area contributed by atoms with Crippen molar-refractivity contribution in [3.8, 4) is 17.4 Å². The molecule has 0 radical (unpaired) electrons. The molecule has 0 bridgehead atoms. The molecule has 0 saturated carbocycles. The minimum atomic E-state index is -0.534. The van der Waals surface area contributed by atoms with Gasteiger partial charge in [0.1, 0.15) is 22.7 Å². The lowest BCUT2D eigenvalue weighted by Crippen LogP contribution is -2.37. The monoisotopic (exact) mass is 534 g/mol. The summed E-state index contributed by atoms with van der Waals surface area (Å²) in [5.74, 6) is 3.42. The summed E-state index contributed by atoms with van der Waals surface area (Å²) in [6.45, 7) is 10.1. The number of imidazole rings is 1. The first-order chi connectivity index (χ1) is 17.6. The molecule has 8 heteroatoms. The lowest BCUT2D eigenvalue weighted by atomic mass is 9.80. The number of aromatic nitrogens is 3. The van der Waals surface area contributed by atoms with E-state index in [4.69, 9.17) is 14.5 Å². The van der Waals surface area contributed by atoms with Crippen molar-refractivity contribution in [3.05, 3.63) is 71.0 Å². The Morgan fingerprint density at radius 3 is 2.35 bits per heavy atom. The van der Waals surface area contributed by atoms with Gasteiger partial charge in [0.2, 0.25) is 0 Å². The van der Waals surface area contributed by atoms with Crippen molar-refractivity contribution in [3.63, 3.8) is 0 Å². The number of hydrogen-bond acceptors (Lipinski definition) is 6. The van der Waals surface area contributed by atoms with Crippen LogP contribution in [-0.4, -0.2) is 30.0 Å². The summed E-state index contributed by atoms with van der Waals surface area (Å²) >= 11 is 0. The van der Waals surface area contributed by atoms with E-state index in [0.717, 1.165) is 61.5 Å². The van der Waals surface area contributed by atoms with Crippen molar-refractivity contribution in [2.45, 2.75) is 56.1 Å². The van der Waals surface area contributed by atoms with Crippen molar-refractivity contribution in [2.24, 2.45) is 0 Å². The standard InChI is InChI=1S/C29H32N3O3S2/c1-17-22(16-36-37-25-11-9-8-10-24(25)35-7)32(13-12-23(17)34-6)27-30-20-14-18-19(15-21(20)31-27)29(4,5)26(33)28(18,2)3/h8-15H,16H2,1-7H3,(H,30,31)/q+1.